The Kier molecular flexibility index (Phi) is 6.51. The average Bonchev–Trinajstić information content (AvgIpc) is 3.02. The summed E-state index contributed by atoms with van der Waals surface area (Å²) in [5.41, 5.74) is 4.38. The predicted octanol–water partition coefficient (Wildman–Crippen LogP) is 5.78. The fourth-order valence-electron chi connectivity index (χ4n) is 3.75. The van der Waals surface area contributed by atoms with Crippen molar-refractivity contribution in [3.8, 4) is 0 Å². The van der Waals surface area contributed by atoms with Gasteiger partial charge < -0.3 is 4.90 Å². The Labute approximate surface area is 155 Å². The number of rotatable bonds is 7. The van der Waals surface area contributed by atoms with Crippen molar-refractivity contribution in [1.29, 1.82) is 0 Å². The summed E-state index contributed by atoms with van der Waals surface area (Å²) < 4.78 is 0. The Morgan fingerprint density at radius 2 is 1.71 bits per heavy atom. The van der Waals surface area contributed by atoms with Crippen LogP contribution in [0.5, 0.6) is 0 Å². The van der Waals surface area contributed by atoms with E-state index in [9.17, 15) is 0 Å². The zero-order chi connectivity index (χ0) is 16.8. The van der Waals surface area contributed by atoms with Crippen molar-refractivity contribution >= 4 is 15.9 Å². The molecule has 2 heteroatoms. The summed E-state index contributed by atoms with van der Waals surface area (Å²) in [4.78, 5) is 3.09. The van der Waals surface area contributed by atoms with E-state index in [1.807, 2.05) is 0 Å². The van der Waals surface area contributed by atoms with E-state index in [4.69, 9.17) is 0 Å². The SMILES string of the molecule is CN(CCCc1ccc(C2CCCC2Br)cc1)Cc1ccccc1. The quantitative estimate of drug-likeness (QED) is 0.545. The maximum Gasteiger partial charge on any atom is 0.0230 e. The van der Waals surface area contributed by atoms with Crippen molar-refractivity contribution in [3.63, 3.8) is 0 Å². The summed E-state index contributed by atoms with van der Waals surface area (Å²) in [7, 11) is 2.21. The minimum Gasteiger partial charge on any atom is -0.302 e. The van der Waals surface area contributed by atoms with Crippen LogP contribution in [0.3, 0.4) is 0 Å². The number of benzene rings is 2. The minimum atomic E-state index is 0.676. The fraction of sp³-hybridized carbons (Fsp3) is 0.455. The number of aryl methyl sites for hydroxylation is 1. The maximum atomic E-state index is 3.84. The van der Waals surface area contributed by atoms with Gasteiger partial charge in [0.1, 0.15) is 0 Å². The molecule has 24 heavy (non-hydrogen) atoms. The molecule has 1 saturated carbocycles. The molecule has 1 aliphatic carbocycles. The van der Waals surface area contributed by atoms with E-state index >= 15 is 0 Å². The molecule has 1 nitrogen and oxygen atoms in total. The molecule has 0 spiro atoms. The molecule has 0 amide bonds. The molecule has 0 aliphatic heterocycles. The second kappa shape index (κ2) is 8.82. The first-order chi connectivity index (χ1) is 11.7. The lowest BCUT2D eigenvalue weighted by molar-refractivity contribution is 0.322. The molecule has 2 aromatic rings. The Balaban J connectivity index is 1.43. The van der Waals surface area contributed by atoms with Gasteiger partial charge in [-0.15, -0.1) is 0 Å². The van der Waals surface area contributed by atoms with Gasteiger partial charge in [0.2, 0.25) is 0 Å². The lowest BCUT2D eigenvalue weighted by Gasteiger charge is -2.17. The van der Waals surface area contributed by atoms with Crippen LogP contribution in [0.1, 0.15) is 48.3 Å². The lowest BCUT2D eigenvalue weighted by atomic mass is 9.96. The summed E-state index contributed by atoms with van der Waals surface area (Å²) in [5.74, 6) is 0.719. The van der Waals surface area contributed by atoms with Crippen LogP contribution in [0.2, 0.25) is 0 Å². The van der Waals surface area contributed by atoms with Gasteiger partial charge in [-0.05, 0) is 61.9 Å². The third-order valence-electron chi connectivity index (χ3n) is 5.14. The van der Waals surface area contributed by atoms with Crippen LogP contribution in [0, 0.1) is 0 Å². The molecule has 0 N–H and O–H groups in total. The van der Waals surface area contributed by atoms with Crippen LogP contribution < -0.4 is 0 Å². The van der Waals surface area contributed by atoms with Crippen molar-refractivity contribution in [2.45, 2.75) is 49.4 Å². The highest BCUT2D eigenvalue weighted by Crippen LogP contribution is 2.39. The van der Waals surface area contributed by atoms with Crippen molar-refractivity contribution in [2.24, 2.45) is 0 Å². The summed E-state index contributed by atoms with van der Waals surface area (Å²) in [6, 6.07) is 20.1. The molecule has 0 bridgehead atoms. The lowest BCUT2D eigenvalue weighted by Crippen LogP contribution is -2.19. The van der Waals surface area contributed by atoms with Gasteiger partial charge in [-0.25, -0.2) is 0 Å². The highest BCUT2D eigenvalue weighted by Gasteiger charge is 2.25. The molecule has 1 aliphatic rings. The van der Waals surface area contributed by atoms with Crippen molar-refractivity contribution in [3.05, 3.63) is 71.3 Å². The zero-order valence-corrected chi connectivity index (χ0v) is 16.2. The van der Waals surface area contributed by atoms with Gasteiger partial charge in [0, 0.05) is 11.4 Å². The molecule has 0 heterocycles. The van der Waals surface area contributed by atoms with E-state index in [2.05, 4.69) is 82.5 Å². The summed E-state index contributed by atoms with van der Waals surface area (Å²) >= 11 is 3.84. The Hall–Kier alpha value is -1.12. The van der Waals surface area contributed by atoms with Crippen LogP contribution >= 0.6 is 15.9 Å². The molecular weight excluding hydrogens is 358 g/mol. The second-order valence-electron chi connectivity index (χ2n) is 7.12. The van der Waals surface area contributed by atoms with E-state index in [-0.39, 0.29) is 0 Å². The first kappa shape index (κ1) is 17.7. The van der Waals surface area contributed by atoms with Crippen LogP contribution in [0.25, 0.3) is 0 Å². The highest BCUT2D eigenvalue weighted by molar-refractivity contribution is 9.09. The molecule has 2 unspecified atom stereocenters. The maximum absolute atomic E-state index is 3.84. The van der Waals surface area contributed by atoms with E-state index in [1.165, 1.54) is 48.8 Å². The van der Waals surface area contributed by atoms with Gasteiger partial charge in [0.15, 0.2) is 0 Å². The van der Waals surface area contributed by atoms with Gasteiger partial charge in [0.05, 0.1) is 0 Å². The Morgan fingerprint density at radius 3 is 2.38 bits per heavy atom. The monoisotopic (exact) mass is 385 g/mol. The van der Waals surface area contributed by atoms with Crippen molar-refractivity contribution in [2.75, 3.05) is 13.6 Å². The molecule has 0 aromatic heterocycles. The van der Waals surface area contributed by atoms with Gasteiger partial charge in [-0.2, -0.15) is 0 Å². The van der Waals surface area contributed by atoms with Crippen LogP contribution in [-0.2, 0) is 13.0 Å². The van der Waals surface area contributed by atoms with Crippen LogP contribution in [0.4, 0.5) is 0 Å². The number of alkyl halides is 1. The number of nitrogens with zero attached hydrogens (tertiary/aromatic N) is 1. The topological polar surface area (TPSA) is 3.24 Å². The van der Waals surface area contributed by atoms with Crippen molar-refractivity contribution in [1.82, 2.24) is 4.90 Å². The summed E-state index contributed by atoms with van der Waals surface area (Å²) in [5, 5.41) is 0. The summed E-state index contributed by atoms with van der Waals surface area (Å²) in [6.45, 7) is 2.18. The van der Waals surface area contributed by atoms with E-state index in [0.29, 0.717) is 4.83 Å². The Morgan fingerprint density at radius 1 is 0.958 bits per heavy atom. The Bertz CT molecular complexity index is 608. The van der Waals surface area contributed by atoms with E-state index < -0.39 is 0 Å². The molecule has 128 valence electrons. The third kappa shape index (κ3) is 4.94. The average molecular weight is 386 g/mol. The minimum absolute atomic E-state index is 0.676. The van der Waals surface area contributed by atoms with Gasteiger partial charge >= 0.3 is 0 Å². The molecule has 3 rings (SSSR count). The normalized spacial score (nSPS) is 20.6. The molecular formula is C22H28BrN. The van der Waals surface area contributed by atoms with Gasteiger partial charge in [-0.3, -0.25) is 0 Å². The van der Waals surface area contributed by atoms with Crippen molar-refractivity contribution < 1.29 is 0 Å². The first-order valence-corrected chi connectivity index (χ1v) is 10.1. The molecule has 0 saturated heterocycles. The smallest absolute Gasteiger partial charge is 0.0230 e. The predicted molar refractivity (Wildman–Crippen MR) is 107 cm³/mol. The van der Waals surface area contributed by atoms with E-state index in [0.717, 1.165) is 19.0 Å². The number of halogens is 1. The van der Waals surface area contributed by atoms with Crippen LogP contribution in [0.15, 0.2) is 54.6 Å². The number of hydrogen-bond acceptors (Lipinski definition) is 1. The largest absolute Gasteiger partial charge is 0.302 e. The van der Waals surface area contributed by atoms with E-state index in [1.54, 1.807) is 0 Å². The van der Waals surface area contributed by atoms with Gasteiger partial charge in [-0.1, -0.05) is 76.9 Å². The summed E-state index contributed by atoms with van der Waals surface area (Å²) in [6.07, 6.45) is 6.39. The zero-order valence-electron chi connectivity index (χ0n) is 14.6. The standard InChI is InChI=1S/C22H28BrN/c1-24(17-19-7-3-2-4-8-19)16-6-9-18-12-14-20(15-13-18)21-10-5-11-22(21)23/h2-4,7-8,12-15,21-22H,5-6,9-11,16-17H2,1H3. The third-order valence-corrected chi connectivity index (χ3v) is 6.24. The molecule has 2 atom stereocenters. The fourth-order valence-corrected chi connectivity index (χ4v) is 4.64. The molecule has 2 aromatic carbocycles. The molecule has 0 radical (unpaired) electrons. The second-order valence-corrected chi connectivity index (χ2v) is 8.30. The molecule has 1 fully saturated rings. The highest BCUT2D eigenvalue weighted by atomic mass is 79.9. The first-order valence-electron chi connectivity index (χ1n) is 9.18. The van der Waals surface area contributed by atoms with Gasteiger partial charge in [0.25, 0.3) is 0 Å². The number of hydrogen-bond donors (Lipinski definition) is 0. The van der Waals surface area contributed by atoms with Crippen LogP contribution in [-0.4, -0.2) is 23.3 Å².